The predicted molar refractivity (Wildman–Crippen MR) is 102 cm³/mol. The summed E-state index contributed by atoms with van der Waals surface area (Å²) in [4.78, 5) is 12.1. The van der Waals surface area contributed by atoms with E-state index in [0.717, 1.165) is 10.4 Å². The number of thiazole rings is 1. The Labute approximate surface area is 168 Å². The van der Waals surface area contributed by atoms with E-state index >= 15 is 0 Å². The fourth-order valence-electron chi connectivity index (χ4n) is 2.72. The van der Waals surface area contributed by atoms with Crippen molar-refractivity contribution in [1.82, 2.24) is 4.98 Å². The van der Waals surface area contributed by atoms with Crippen LogP contribution in [-0.2, 0) is 11.4 Å². The van der Waals surface area contributed by atoms with E-state index in [1.54, 1.807) is 24.4 Å². The summed E-state index contributed by atoms with van der Waals surface area (Å²) in [6, 6.07) is 5.10. The number of nitrogens with zero attached hydrogens (tertiary/aromatic N) is 3. The first-order valence-electron chi connectivity index (χ1n) is 8.19. The first-order valence-corrected chi connectivity index (χ1v) is 9.77. The number of benzene rings is 1. The fourth-order valence-corrected chi connectivity index (χ4v) is 4.01. The van der Waals surface area contributed by atoms with Gasteiger partial charge in [0.15, 0.2) is 5.13 Å². The Bertz CT molecular complexity index is 805. The molecule has 1 aliphatic heterocycles. The average molecular weight is 438 g/mol. The second-order valence-electron chi connectivity index (χ2n) is 6.09. The van der Waals surface area contributed by atoms with E-state index in [1.165, 1.54) is 17.6 Å². The minimum absolute atomic E-state index is 0.0947. The highest BCUT2D eigenvalue weighted by Gasteiger charge is 2.41. The Balaban J connectivity index is 1.50. The molecule has 1 saturated heterocycles. The van der Waals surface area contributed by atoms with Gasteiger partial charge in [0.05, 0.1) is 17.0 Å². The van der Waals surface area contributed by atoms with E-state index in [1.807, 2.05) is 4.90 Å². The Kier molecular flexibility index (Phi) is 6.49. The maximum Gasteiger partial charge on any atom is 0.391 e. The summed E-state index contributed by atoms with van der Waals surface area (Å²) < 4.78 is 38.2. The molecule has 0 unspecified atom stereocenters. The third-order valence-corrected chi connectivity index (χ3v) is 5.81. The van der Waals surface area contributed by atoms with Gasteiger partial charge in [-0.3, -0.25) is 0 Å². The number of anilines is 1. The molecule has 0 saturated carbocycles. The van der Waals surface area contributed by atoms with Gasteiger partial charge in [-0.25, -0.2) is 4.98 Å². The number of aromatic nitrogens is 1. The molecule has 0 atom stereocenters. The lowest BCUT2D eigenvalue weighted by Gasteiger charge is -2.32. The predicted octanol–water partition coefficient (Wildman–Crippen LogP) is 5.78. The van der Waals surface area contributed by atoms with Crippen LogP contribution in [0.3, 0.4) is 0 Å². The Morgan fingerprint density at radius 3 is 2.70 bits per heavy atom. The summed E-state index contributed by atoms with van der Waals surface area (Å²) >= 11 is 13.2. The molecule has 27 heavy (non-hydrogen) atoms. The zero-order valence-corrected chi connectivity index (χ0v) is 16.4. The molecule has 1 fully saturated rings. The molecular weight excluding hydrogens is 422 g/mol. The molecule has 1 aliphatic rings. The van der Waals surface area contributed by atoms with Crippen LogP contribution in [0, 0.1) is 5.92 Å². The number of alkyl halides is 3. The maximum absolute atomic E-state index is 12.7. The molecular formula is C17H16Cl2F3N3OS. The van der Waals surface area contributed by atoms with E-state index in [0.29, 0.717) is 28.3 Å². The molecule has 0 spiro atoms. The zero-order valence-electron chi connectivity index (χ0n) is 14.0. The summed E-state index contributed by atoms with van der Waals surface area (Å²) in [7, 11) is 0. The summed E-state index contributed by atoms with van der Waals surface area (Å²) in [5.74, 6) is -1.22. The van der Waals surface area contributed by atoms with Gasteiger partial charge in [0.1, 0.15) is 6.61 Å². The first-order chi connectivity index (χ1) is 12.8. The van der Waals surface area contributed by atoms with Crippen LogP contribution in [0.4, 0.5) is 18.3 Å². The zero-order chi connectivity index (χ0) is 19.4. The van der Waals surface area contributed by atoms with Gasteiger partial charge in [0, 0.05) is 34.9 Å². The van der Waals surface area contributed by atoms with Crippen molar-refractivity contribution in [3.05, 3.63) is 44.9 Å². The molecule has 0 amide bonds. The van der Waals surface area contributed by atoms with Crippen molar-refractivity contribution in [3.8, 4) is 0 Å². The summed E-state index contributed by atoms with van der Waals surface area (Å²) in [6.45, 7) is 0.892. The molecule has 0 bridgehead atoms. The topological polar surface area (TPSA) is 37.7 Å². The number of rotatable bonds is 5. The normalized spacial score (nSPS) is 16.3. The van der Waals surface area contributed by atoms with Crippen LogP contribution >= 0.6 is 34.5 Å². The molecule has 10 heteroatoms. The largest absolute Gasteiger partial charge is 0.391 e. The van der Waals surface area contributed by atoms with Gasteiger partial charge in [-0.2, -0.15) is 13.2 Å². The molecule has 0 aliphatic carbocycles. The molecule has 1 aromatic carbocycles. The molecule has 0 radical (unpaired) electrons. The molecule has 3 rings (SSSR count). The van der Waals surface area contributed by atoms with Crippen LogP contribution in [0.5, 0.6) is 0 Å². The molecule has 146 valence electrons. The molecule has 2 aromatic rings. The number of hydrogen-bond acceptors (Lipinski definition) is 5. The highest BCUT2D eigenvalue weighted by molar-refractivity contribution is 7.17. The van der Waals surface area contributed by atoms with E-state index in [9.17, 15) is 13.2 Å². The van der Waals surface area contributed by atoms with E-state index < -0.39 is 12.1 Å². The van der Waals surface area contributed by atoms with Gasteiger partial charge in [0.25, 0.3) is 0 Å². The van der Waals surface area contributed by atoms with E-state index in [4.69, 9.17) is 28.0 Å². The SMILES string of the molecule is FC(F)(F)C1CCN(c2ncc(/C=N\OCc3ccc(Cl)cc3Cl)s2)CC1. The van der Waals surface area contributed by atoms with Gasteiger partial charge in [-0.1, -0.05) is 45.8 Å². The number of piperidine rings is 1. The lowest BCUT2D eigenvalue weighted by Crippen LogP contribution is -2.38. The van der Waals surface area contributed by atoms with Crippen LogP contribution in [0.15, 0.2) is 29.6 Å². The van der Waals surface area contributed by atoms with Crippen LogP contribution in [-0.4, -0.2) is 30.5 Å². The summed E-state index contributed by atoms with van der Waals surface area (Å²) in [6.07, 6.45) is -0.780. The minimum Gasteiger partial charge on any atom is -0.391 e. The van der Waals surface area contributed by atoms with Crippen molar-refractivity contribution >= 4 is 45.9 Å². The highest BCUT2D eigenvalue weighted by Crippen LogP contribution is 2.36. The standard InChI is InChI=1S/C17H16Cl2F3N3OS/c18-13-2-1-11(15(19)7-13)10-26-24-9-14-8-23-16(27-14)25-5-3-12(4-6-25)17(20,21)22/h1-2,7-9,12H,3-6,10H2/b24-9-. The minimum atomic E-state index is -4.11. The second-order valence-corrected chi connectivity index (χ2v) is 7.98. The quantitative estimate of drug-likeness (QED) is 0.439. The average Bonchev–Trinajstić information content (AvgIpc) is 3.08. The first kappa shape index (κ1) is 20.2. The molecule has 1 aromatic heterocycles. The van der Waals surface area contributed by atoms with Crippen molar-refractivity contribution in [3.63, 3.8) is 0 Å². The third-order valence-electron chi connectivity index (χ3n) is 4.23. The Hall–Kier alpha value is -1.51. The fraction of sp³-hybridized carbons (Fsp3) is 0.412. The van der Waals surface area contributed by atoms with Crippen molar-refractivity contribution < 1.29 is 18.0 Å². The Morgan fingerprint density at radius 2 is 2.04 bits per heavy atom. The van der Waals surface area contributed by atoms with Gasteiger partial charge in [0.2, 0.25) is 0 Å². The van der Waals surface area contributed by atoms with Crippen molar-refractivity contribution in [2.24, 2.45) is 11.1 Å². The van der Waals surface area contributed by atoms with Gasteiger partial charge < -0.3 is 9.74 Å². The van der Waals surface area contributed by atoms with Crippen LogP contribution < -0.4 is 4.90 Å². The van der Waals surface area contributed by atoms with Crippen molar-refractivity contribution in [1.29, 1.82) is 0 Å². The lowest BCUT2D eigenvalue weighted by molar-refractivity contribution is -0.179. The van der Waals surface area contributed by atoms with Gasteiger partial charge >= 0.3 is 6.18 Å². The Morgan fingerprint density at radius 1 is 1.30 bits per heavy atom. The van der Waals surface area contributed by atoms with Crippen LogP contribution in [0.1, 0.15) is 23.3 Å². The van der Waals surface area contributed by atoms with Crippen LogP contribution in [0.25, 0.3) is 0 Å². The summed E-state index contributed by atoms with van der Waals surface area (Å²) in [5, 5.41) is 5.63. The molecule has 2 heterocycles. The number of halogens is 5. The van der Waals surface area contributed by atoms with Crippen molar-refractivity contribution in [2.45, 2.75) is 25.6 Å². The van der Waals surface area contributed by atoms with Crippen molar-refractivity contribution in [2.75, 3.05) is 18.0 Å². The van der Waals surface area contributed by atoms with Crippen LogP contribution in [0.2, 0.25) is 10.0 Å². The molecule has 0 N–H and O–H groups in total. The maximum atomic E-state index is 12.7. The smallest absolute Gasteiger partial charge is 0.391 e. The number of oxime groups is 1. The molecule has 4 nitrogen and oxygen atoms in total. The lowest BCUT2D eigenvalue weighted by atomic mass is 9.97. The monoisotopic (exact) mass is 437 g/mol. The third kappa shape index (κ3) is 5.49. The van der Waals surface area contributed by atoms with Gasteiger partial charge in [-0.15, -0.1) is 0 Å². The summed E-state index contributed by atoms with van der Waals surface area (Å²) in [5.41, 5.74) is 0.760. The van der Waals surface area contributed by atoms with Gasteiger partial charge in [-0.05, 0) is 25.0 Å². The van der Waals surface area contributed by atoms with E-state index in [-0.39, 0.29) is 19.4 Å². The second kappa shape index (κ2) is 8.67. The van der Waals surface area contributed by atoms with E-state index in [2.05, 4.69) is 10.1 Å². The number of hydrogen-bond donors (Lipinski definition) is 0. The highest BCUT2D eigenvalue weighted by atomic mass is 35.5.